The van der Waals surface area contributed by atoms with Gasteiger partial charge in [0.05, 0.1) is 4.47 Å². The van der Waals surface area contributed by atoms with Crippen LogP contribution in [-0.4, -0.2) is 6.54 Å². The van der Waals surface area contributed by atoms with E-state index in [0.29, 0.717) is 4.47 Å². The second-order valence-corrected chi connectivity index (χ2v) is 5.00. The van der Waals surface area contributed by atoms with Gasteiger partial charge in [-0.2, -0.15) is 0 Å². The van der Waals surface area contributed by atoms with Crippen LogP contribution in [0, 0.1) is 5.82 Å². The van der Waals surface area contributed by atoms with Crippen molar-refractivity contribution in [1.29, 1.82) is 0 Å². The summed E-state index contributed by atoms with van der Waals surface area (Å²) in [7, 11) is 0. The van der Waals surface area contributed by atoms with Gasteiger partial charge in [-0.25, -0.2) is 4.39 Å². The van der Waals surface area contributed by atoms with Crippen LogP contribution in [0.4, 0.5) is 10.1 Å². The monoisotopic (exact) mass is 307 g/mol. The normalized spacial score (nSPS) is 10.3. The maximum atomic E-state index is 13.3. The highest BCUT2D eigenvalue weighted by atomic mass is 79.9. The molecule has 94 valence electrons. The van der Waals surface area contributed by atoms with Gasteiger partial charge in [-0.15, -0.1) is 0 Å². The maximum Gasteiger partial charge on any atom is 0.137 e. The Balaban J connectivity index is 1.77. The zero-order valence-corrected chi connectivity index (χ0v) is 11.6. The van der Waals surface area contributed by atoms with Crippen molar-refractivity contribution in [2.75, 3.05) is 11.9 Å². The number of para-hydroxylation sites is 1. The molecule has 2 rings (SSSR count). The van der Waals surface area contributed by atoms with Crippen molar-refractivity contribution in [2.24, 2.45) is 0 Å². The molecule has 2 aromatic carbocycles. The molecule has 1 N–H and O–H groups in total. The molecule has 3 heteroatoms. The van der Waals surface area contributed by atoms with Crippen molar-refractivity contribution in [3.05, 3.63) is 64.4 Å². The minimum atomic E-state index is -0.191. The smallest absolute Gasteiger partial charge is 0.137 e. The van der Waals surface area contributed by atoms with E-state index in [1.165, 1.54) is 0 Å². The lowest BCUT2D eigenvalue weighted by Crippen LogP contribution is -2.02. The Morgan fingerprint density at radius 2 is 1.83 bits per heavy atom. The SMILES string of the molecule is Fc1cc(CCCNc2ccccc2)ccc1Br. The zero-order chi connectivity index (χ0) is 12.8. The fraction of sp³-hybridized carbons (Fsp3) is 0.200. The molecule has 0 aliphatic rings. The van der Waals surface area contributed by atoms with Crippen LogP contribution in [0.15, 0.2) is 53.0 Å². The van der Waals surface area contributed by atoms with Crippen LogP contribution in [0.1, 0.15) is 12.0 Å². The molecule has 0 aliphatic carbocycles. The Morgan fingerprint density at radius 3 is 2.56 bits per heavy atom. The average molecular weight is 308 g/mol. The molecule has 1 nitrogen and oxygen atoms in total. The number of hydrogen-bond acceptors (Lipinski definition) is 1. The van der Waals surface area contributed by atoms with Gasteiger partial charge in [0.2, 0.25) is 0 Å². The summed E-state index contributed by atoms with van der Waals surface area (Å²) in [4.78, 5) is 0. The number of nitrogens with one attached hydrogen (secondary N) is 1. The predicted octanol–water partition coefficient (Wildman–Crippen LogP) is 4.63. The molecule has 0 aliphatic heterocycles. The van der Waals surface area contributed by atoms with E-state index in [1.807, 2.05) is 36.4 Å². The van der Waals surface area contributed by atoms with E-state index in [4.69, 9.17) is 0 Å². The van der Waals surface area contributed by atoms with Crippen LogP contribution in [0.3, 0.4) is 0 Å². The number of halogens is 2. The molecule has 0 saturated carbocycles. The van der Waals surface area contributed by atoms with E-state index in [1.54, 1.807) is 12.1 Å². The van der Waals surface area contributed by atoms with E-state index in [0.717, 1.165) is 30.6 Å². The van der Waals surface area contributed by atoms with Gasteiger partial charge in [-0.1, -0.05) is 24.3 Å². The van der Waals surface area contributed by atoms with Crippen molar-refractivity contribution < 1.29 is 4.39 Å². The number of benzene rings is 2. The van der Waals surface area contributed by atoms with E-state index < -0.39 is 0 Å². The molecule has 2 aromatic rings. The van der Waals surface area contributed by atoms with Crippen molar-refractivity contribution in [3.8, 4) is 0 Å². The lowest BCUT2D eigenvalue weighted by atomic mass is 10.1. The minimum Gasteiger partial charge on any atom is -0.385 e. The van der Waals surface area contributed by atoms with Crippen LogP contribution in [0.2, 0.25) is 0 Å². The van der Waals surface area contributed by atoms with Crippen LogP contribution >= 0.6 is 15.9 Å². The van der Waals surface area contributed by atoms with Crippen molar-refractivity contribution in [3.63, 3.8) is 0 Å². The first-order valence-electron chi connectivity index (χ1n) is 5.98. The first-order chi connectivity index (χ1) is 8.75. The summed E-state index contributed by atoms with van der Waals surface area (Å²) in [6.45, 7) is 0.891. The summed E-state index contributed by atoms with van der Waals surface area (Å²) in [5.74, 6) is -0.191. The van der Waals surface area contributed by atoms with Gasteiger partial charge in [0, 0.05) is 12.2 Å². The van der Waals surface area contributed by atoms with Gasteiger partial charge >= 0.3 is 0 Å². The standard InChI is InChI=1S/C15H15BrFN/c16-14-9-8-12(11-15(14)17)5-4-10-18-13-6-2-1-3-7-13/h1-3,6-9,11,18H,4-5,10H2. The van der Waals surface area contributed by atoms with Gasteiger partial charge < -0.3 is 5.32 Å². The highest BCUT2D eigenvalue weighted by Gasteiger charge is 2.00. The number of anilines is 1. The number of hydrogen-bond donors (Lipinski definition) is 1. The van der Waals surface area contributed by atoms with Crippen molar-refractivity contribution in [1.82, 2.24) is 0 Å². The molecular formula is C15H15BrFN. The van der Waals surface area contributed by atoms with Crippen LogP contribution < -0.4 is 5.32 Å². The minimum absolute atomic E-state index is 0.191. The van der Waals surface area contributed by atoms with Gasteiger partial charge in [-0.05, 0) is 58.6 Å². The molecule has 0 radical (unpaired) electrons. The Labute approximate surface area is 115 Å². The number of aryl methyl sites for hydroxylation is 1. The Hall–Kier alpha value is -1.35. The van der Waals surface area contributed by atoms with Gasteiger partial charge in [-0.3, -0.25) is 0 Å². The number of rotatable bonds is 5. The molecule has 0 aromatic heterocycles. The molecule has 0 spiro atoms. The fourth-order valence-corrected chi connectivity index (χ4v) is 2.02. The first kappa shape index (κ1) is 13.1. The second kappa shape index (κ2) is 6.55. The van der Waals surface area contributed by atoms with Crippen LogP contribution in [0.5, 0.6) is 0 Å². The molecule has 0 amide bonds. The quantitative estimate of drug-likeness (QED) is 0.794. The maximum absolute atomic E-state index is 13.3. The van der Waals surface area contributed by atoms with E-state index >= 15 is 0 Å². The molecule has 0 fully saturated rings. The molecule has 0 heterocycles. The average Bonchev–Trinajstić information content (AvgIpc) is 2.40. The molecule has 0 atom stereocenters. The summed E-state index contributed by atoms with van der Waals surface area (Å²) in [5.41, 5.74) is 2.16. The third kappa shape index (κ3) is 3.84. The van der Waals surface area contributed by atoms with E-state index in [-0.39, 0.29) is 5.82 Å². The second-order valence-electron chi connectivity index (χ2n) is 4.14. The molecule has 0 saturated heterocycles. The fourth-order valence-electron chi connectivity index (χ4n) is 1.78. The first-order valence-corrected chi connectivity index (χ1v) is 6.78. The summed E-state index contributed by atoms with van der Waals surface area (Å²) < 4.78 is 13.8. The Morgan fingerprint density at radius 1 is 1.06 bits per heavy atom. The van der Waals surface area contributed by atoms with E-state index in [9.17, 15) is 4.39 Å². The molecule has 0 bridgehead atoms. The lowest BCUT2D eigenvalue weighted by Gasteiger charge is -2.06. The summed E-state index contributed by atoms with van der Waals surface area (Å²) in [5, 5.41) is 3.34. The van der Waals surface area contributed by atoms with E-state index in [2.05, 4.69) is 21.2 Å². The van der Waals surface area contributed by atoms with Gasteiger partial charge in [0.15, 0.2) is 0 Å². The van der Waals surface area contributed by atoms with Gasteiger partial charge in [0.1, 0.15) is 5.82 Å². The third-order valence-corrected chi connectivity index (χ3v) is 3.37. The van der Waals surface area contributed by atoms with Crippen molar-refractivity contribution in [2.45, 2.75) is 12.8 Å². The highest BCUT2D eigenvalue weighted by Crippen LogP contribution is 2.17. The largest absolute Gasteiger partial charge is 0.385 e. The Bertz CT molecular complexity index is 499. The van der Waals surface area contributed by atoms with Gasteiger partial charge in [0.25, 0.3) is 0 Å². The lowest BCUT2D eigenvalue weighted by molar-refractivity contribution is 0.618. The molecule has 0 unspecified atom stereocenters. The molecular weight excluding hydrogens is 293 g/mol. The summed E-state index contributed by atoms with van der Waals surface area (Å²) in [6.07, 6.45) is 1.86. The molecule has 18 heavy (non-hydrogen) atoms. The van der Waals surface area contributed by atoms with Crippen LogP contribution in [-0.2, 0) is 6.42 Å². The predicted molar refractivity (Wildman–Crippen MR) is 77.4 cm³/mol. The van der Waals surface area contributed by atoms with Crippen LogP contribution in [0.25, 0.3) is 0 Å². The zero-order valence-electron chi connectivity index (χ0n) is 10.00. The summed E-state index contributed by atoms with van der Waals surface area (Å²) >= 11 is 3.15. The highest BCUT2D eigenvalue weighted by molar-refractivity contribution is 9.10. The van der Waals surface area contributed by atoms with Crippen molar-refractivity contribution >= 4 is 21.6 Å². The topological polar surface area (TPSA) is 12.0 Å². The summed E-state index contributed by atoms with van der Waals surface area (Å²) in [6, 6.07) is 15.4. The third-order valence-electron chi connectivity index (χ3n) is 2.73. The Kier molecular flexibility index (Phi) is 4.76.